The lowest BCUT2D eigenvalue weighted by atomic mass is 10.1. The number of hydrogen-bond acceptors (Lipinski definition) is 3. The number of benzene rings is 1. The fourth-order valence-electron chi connectivity index (χ4n) is 1.68. The molecule has 1 aromatic carbocycles. The predicted molar refractivity (Wildman–Crippen MR) is 71.3 cm³/mol. The molecule has 0 aliphatic carbocycles. The smallest absolute Gasteiger partial charge is 0.169 e. The van der Waals surface area contributed by atoms with Gasteiger partial charge in [-0.05, 0) is 65.7 Å². The Labute approximate surface area is 109 Å². The maximum absolute atomic E-state index is 9.34. The molecule has 0 aliphatic heterocycles. The lowest BCUT2D eigenvalue weighted by molar-refractivity contribution is 0.470. The molecule has 0 spiro atoms. The largest absolute Gasteiger partial charge is 0.508 e. The molecule has 0 saturated heterocycles. The Morgan fingerprint density at radius 2 is 2.06 bits per heavy atom. The first-order chi connectivity index (χ1) is 8.06. The topological polar surface area (TPSA) is 45.4 Å². The molecular weight excluding hydrogens is 282 g/mol. The van der Waals surface area contributed by atoms with Crippen LogP contribution in [-0.2, 0) is 0 Å². The Hall–Kier alpha value is -1.42. The van der Waals surface area contributed by atoms with E-state index in [4.69, 9.17) is 4.42 Å². The fourth-order valence-corrected chi connectivity index (χ4v) is 1.99. The first-order valence-electron chi connectivity index (χ1n) is 5.37. The number of halogens is 1. The maximum Gasteiger partial charge on any atom is 0.169 e. The van der Waals surface area contributed by atoms with Crippen molar-refractivity contribution in [3.8, 4) is 5.75 Å². The van der Waals surface area contributed by atoms with Gasteiger partial charge in [-0.25, -0.2) is 0 Å². The molecule has 1 unspecified atom stereocenters. The summed E-state index contributed by atoms with van der Waals surface area (Å²) in [5, 5.41) is 12.7. The molecule has 0 radical (unpaired) electrons. The highest BCUT2D eigenvalue weighted by Gasteiger charge is 2.10. The van der Waals surface area contributed by atoms with Gasteiger partial charge in [0.2, 0.25) is 0 Å². The molecule has 0 saturated carbocycles. The summed E-state index contributed by atoms with van der Waals surface area (Å²) >= 11 is 3.28. The van der Waals surface area contributed by atoms with Crippen LogP contribution in [-0.4, -0.2) is 5.11 Å². The number of anilines is 1. The van der Waals surface area contributed by atoms with Crippen molar-refractivity contribution in [1.82, 2.24) is 0 Å². The molecule has 4 heteroatoms. The molecule has 0 aliphatic rings. The van der Waals surface area contributed by atoms with E-state index in [-0.39, 0.29) is 11.8 Å². The highest BCUT2D eigenvalue weighted by Crippen LogP contribution is 2.26. The quantitative estimate of drug-likeness (QED) is 0.833. The minimum atomic E-state index is 0.0737. The summed E-state index contributed by atoms with van der Waals surface area (Å²) in [6.07, 6.45) is 0. The van der Waals surface area contributed by atoms with E-state index in [0.29, 0.717) is 0 Å². The lowest BCUT2D eigenvalue weighted by Gasteiger charge is -2.15. The lowest BCUT2D eigenvalue weighted by Crippen LogP contribution is -2.06. The molecule has 0 amide bonds. The Kier molecular flexibility index (Phi) is 3.43. The molecule has 1 atom stereocenters. The van der Waals surface area contributed by atoms with E-state index in [2.05, 4.69) is 21.2 Å². The average Bonchev–Trinajstić information content (AvgIpc) is 2.69. The number of hydrogen-bond donors (Lipinski definition) is 2. The van der Waals surface area contributed by atoms with Gasteiger partial charge in [0.15, 0.2) is 4.67 Å². The van der Waals surface area contributed by atoms with Crippen molar-refractivity contribution in [2.75, 3.05) is 5.32 Å². The molecule has 1 aromatic heterocycles. The Bertz CT molecular complexity index is 522. The van der Waals surface area contributed by atoms with Crippen LogP contribution in [0.4, 0.5) is 5.69 Å². The van der Waals surface area contributed by atoms with E-state index < -0.39 is 0 Å². The first kappa shape index (κ1) is 12.0. The van der Waals surface area contributed by atoms with Gasteiger partial charge in [0.05, 0.1) is 6.04 Å². The van der Waals surface area contributed by atoms with Gasteiger partial charge in [-0.3, -0.25) is 0 Å². The van der Waals surface area contributed by atoms with E-state index in [9.17, 15) is 5.11 Å². The second-order valence-electron chi connectivity index (χ2n) is 4.01. The van der Waals surface area contributed by atoms with Gasteiger partial charge < -0.3 is 14.8 Å². The Morgan fingerprint density at radius 3 is 2.65 bits per heavy atom. The van der Waals surface area contributed by atoms with E-state index in [1.807, 2.05) is 32.0 Å². The van der Waals surface area contributed by atoms with Crippen LogP contribution in [0, 0.1) is 6.92 Å². The van der Waals surface area contributed by atoms with Gasteiger partial charge in [0.1, 0.15) is 11.5 Å². The summed E-state index contributed by atoms with van der Waals surface area (Å²) in [5.41, 5.74) is 1.99. The highest BCUT2D eigenvalue weighted by atomic mass is 79.9. The second-order valence-corrected chi connectivity index (χ2v) is 4.79. The molecule has 17 heavy (non-hydrogen) atoms. The molecule has 3 nitrogen and oxygen atoms in total. The minimum Gasteiger partial charge on any atom is -0.508 e. The van der Waals surface area contributed by atoms with Crippen molar-refractivity contribution in [1.29, 1.82) is 0 Å². The third-order valence-corrected chi connectivity index (χ3v) is 3.03. The van der Waals surface area contributed by atoms with Crippen molar-refractivity contribution < 1.29 is 9.52 Å². The van der Waals surface area contributed by atoms with Gasteiger partial charge in [-0.1, -0.05) is 0 Å². The number of phenols is 1. The van der Waals surface area contributed by atoms with E-state index in [1.165, 1.54) is 0 Å². The number of rotatable bonds is 3. The molecule has 0 bridgehead atoms. The van der Waals surface area contributed by atoms with Gasteiger partial charge in [0, 0.05) is 5.69 Å². The predicted octanol–water partition coefficient (Wildman–Crippen LogP) is 4.23. The number of furan rings is 1. The molecule has 2 aromatic rings. The summed E-state index contributed by atoms with van der Waals surface area (Å²) in [6, 6.07) is 9.13. The Morgan fingerprint density at radius 1 is 1.29 bits per heavy atom. The zero-order valence-corrected chi connectivity index (χ0v) is 11.3. The second kappa shape index (κ2) is 4.84. The monoisotopic (exact) mass is 295 g/mol. The summed E-state index contributed by atoms with van der Waals surface area (Å²) in [5.74, 6) is 1.14. The van der Waals surface area contributed by atoms with E-state index >= 15 is 0 Å². The van der Waals surface area contributed by atoms with Gasteiger partial charge in [-0.2, -0.15) is 0 Å². The number of phenolic OH excluding ortho intramolecular Hbond substituents is 1. The van der Waals surface area contributed by atoms with Gasteiger partial charge in [0.25, 0.3) is 0 Å². The third kappa shape index (κ3) is 2.82. The molecule has 1 heterocycles. The molecule has 0 fully saturated rings. The zero-order chi connectivity index (χ0) is 12.4. The van der Waals surface area contributed by atoms with Crippen LogP contribution < -0.4 is 5.32 Å². The number of aryl methyl sites for hydroxylation is 1. The summed E-state index contributed by atoms with van der Waals surface area (Å²) in [6.45, 7) is 3.98. The van der Waals surface area contributed by atoms with E-state index in [1.54, 1.807) is 12.1 Å². The third-order valence-electron chi connectivity index (χ3n) is 2.60. The summed E-state index contributed by atoms with van der Waals surface area (Å²) in [4.78, 5) is 0. The van der Waals surface area contributed by atoms with Crippen molar-refractivity contribution in [2.24, 2.45) is 0 Å². The standard InChI is InChI=1S/C13H14BrNO2/c1-8-7-10(16)3-4-11(8)15-9(2)12-5-6-13(14)17-12/h3-7,9,15-16H,1-2H3. The van der Waals surface area contributed by atoms with E-state index in [0.717, 1.165) is 21.7 Å². The summed E-state index contributed by atoms with van der Waals surface area (Å²) < 4.78 is 6.21. The van der Waals surface area contributed by atoms with Crippen molar-refractivity contribution in [3.63, 3.8) is 0 Å². The fraction of sp³-hybridized carbons (Fsp3) is 0.231. The summed E-state index contributed by atoms with van der Waals surface area (Å²) in [7, 11) is 0. The minimum absolute atomic E-state index is 0.0737. The molecule has 2 N–H and O–H groups in total. The number of aromatic hydroxyl groups is 1. The molecular formula is C13H14BrNO2. The average molecular weight is 296 g/mol. The molecule has 90 valence electrons. The number of nitrogens with one attached hydrogen (secondary N) is 1. The van der Waals surface area contributed by atoms with Crippen LogP contribution >= 0.6 is 15.9 Å². The zero-order valence-electron chi connectivity index (χ0n) is 9.70. The van der Waals surface area contributed by atoms with Crippen molar-refractivity contribution in [3.05, 3.63) is 46.3 Å². The van der Waals surface area contributed by atoms with Crippen LogP contribution in [0.2, 0.25) is 0 Å². The first-order valence-corrected chi connectivity index (χ1v) is 6.17. The van der Waals surface area contributed by atoms with Crippen molar-refractivity contribution in [2.45, 2.75) is 19.9 Å². The van der Waals surface area contributed by atoms with Crippen LogP contribution in [0.15, 0.2) is 39.4 Å². The normalized spacial score (nSPS) is 12.4. The maximum atomic E-state index is 9.34. The van der Waals surface area contributed by atoms with Crippen LogP contribution in [0.3, 0.4) is 0 Å². The van der Waals surface area contributed by atoms with Gasteiger partial charge in [-0.15, -0.1) is 0 Å². The highest BCUT2D eigenvalue weighted by molar-refractivity contribution is 9.10. The van der Waals surface area contributed by atoms with Crippen LogP contribution in [0.1, 0.15) is 24.3 Å². The SMILES string of the molecule is Cc1cc(O)ccc1NC(C)c1ccc(Br)o1. The van der Waals surface area contributed by atoms with Crippen LogP contribution in [0.25, 0.3) is 0 Å². The van der Waals surface area contributed by atoms with Crippen LogP contribution in [0.5, 0.6) is 5.75 Å². The van der Waals surface area contributed by atoms with Crippen molar-refractivity contribution >= 4 is 21.6 Å². The van der Waals surface area contributed by atoms with Gasteiger partial charge >= 0.3 is 0 Å². The Balaban J connectivity index is 2.15. The molecule has 2 rings (SSSR count).